The third kappa shape index (κ3) is 4.09. The SMILES string of the molecule is CCCc1ccc(NS(=O)(=O)c2ccc(CNC)o2)cc1. The topological polar surface area (TPSA) is 71.3 Å². The van der Waals surface area contributed by atoms with E-state index in [2.05, 4.69) is 17.0 Å². The van der Waals surface area contributed by atoms with Crippen LogP contribution in [0.4, 0.5) is 5.69 Å². The van der Waals surface area contributed by atoms with Gasteiger partial charge in [-0.2, -0.15) is 8.42 Å². The lowest BCUT2D eigenvalue weighted by molar-refractivity contribution is 0.408. The molecule has 0 fully saturated rings. The second-order valence-electron chi connectivity index (χ2n) is 4.80. The molecule has 0 saturated heterocycles. The number of rotatable bonds is 7. The van der Waals surface area contributed by atoms with E-state index in [4.69, 9.17) is 4.42 Å². The number of anilines is 1. The van der Waals surface area contributed by atoms with Crippen LogP contribution in [0.1, 0.15) is 24.7 Å². The van der Waals surface area contributed by atoms with Crippen LogP contribution in [0.5, 0.6) is 0 Å². The zero-order valence-corrected chi connectivity index (χ0v) is 13.0. The molecule has 2 rings (SSSR count). The van der Waals surface area contributed by atoms with E-state index in [-0.39, 0.29) is 5.09 Å². The van der Waals surface area contributed by atoms with Gasteiger partial charge in [0.1, 0.15) is 5.76 Å². The Hall–Kier alpha value is -1.79. The number of benzene rings is 1. The van der Waals surface area contributed by atoms with Gasteiger partial charge in [-0.1, -0.05) is 25.5 Å². The Labute approximate surface area is 125 Å². The van der Waals surface area contributed by atoms with Crippen molar-refractivity contribution in [2.24, 2.45) is 0 Å². The Morgan fingerprint density at radius 2 is 1.81 bits per heavy atom. The molecule has 0 radical (unpaired) electrons. The zero-order valence-electron chi connectivity index (χ0n) is 12.2. The molecular formula is C15H20N2O3S. The Morgan fingerprint density at radius 1 is 1.10 bits per heavy atom. The maximum atomic E-state index is 12.2. The van der Waals surface area contributed by atoms with Gasteiger partial charge in [-0.3, -0.25) is 4.72 Å². The summed E-state index contributed by atoms with van der Waals surface area (Å²) in [7, 11) is -1.91. The van der Waals surface area contributed by atoms with Gasteiger partial charge in [0.2, 0.25) is 5.09 Å². The summed E-state index contributed by atoms with van der Waals surface area (Å²) in [5.74, 6) is 0.580. The van der Waals surface area contributed by atoms with Crippen LogP contribution in [0.15, 0.2) is 45.9 Å². The van der Waals surface area contributed by atoms with E-state index in [1.807, 2.05) is 12.1 Å². The highest BCUT2D eigenvalue weighted by Gasteiger charge is 2.18. The monoisotopic (exact) mass is 308 g/mol. The Bertz CT molecular complexity index is 675. The summed E-state index contributed by atoms with van der Waals surface area (Å²) < 4.78 is 32.2. The second kappa shape index (κ2) is 6.78. The van der Waals surface area contributed by atoms with Crippen LogP contribution in [-0.2, 0) is 23.0 Å². The average molecular weight is 308 g/mol. The van der Waals surface area contributed by atoms with Crippen LogP contribution in [0, 0.1) is 0 Å². The van der Waals surface area contributed by atoms with E-state index >= 15 is 0 Å². The standard InChI is InChI=1S/C15H20N2O3S/c1-3-4-12-5-7-13(8-6-12)17-21(18,19)15-10-9-14(20-15)11-16-2/h5-10,16-17H,3-4,11H2,1-2H3. The molecule has 1 aromatic carbocycles. The van der Waals surface area contributed by atoms with Crippen molar-refractivity contribution < 1.29 is 12.8 Å². The van der Waals surface area contributed by atoms with E-state index in [1.54, 1.807) is 25.2 Å². The van der Waals surface area contributed by atoms with Gasteiger partial charge in [-0.05, 0) is 43.3 Å². The molecule has 114 valence electrons. The van der Waals surface area contributed by atoms with Crippen LogP contribution in [0.2, 0.25) is 0 Å². The van der Waals surface area contributed by atoms with Crippen molar-refractivity contribution in [2.45, 2.75) is 31.4 Å². The predicted molar refractivity (Wildman–Crippen MR) is 82.7 cm³/mol. The molecule has 21 heavy (non-hydrogen) atoms. The van der Waals surface area contributed by atoms with Gasteiger partial charge in [0.05, 0.1) is 6.54 Å². The van der Waals surface area contributed by atoms with E-state index in [9.17, 15) is 8.42 Å². The Balaban J connectivity index is 2.12. The lowest BCUT2D eigenvalue weighted by Gasteiger charge is -2.06. The first-order chi connectivity index (χ1) is 10.0. The summed E-state index contributed by atoms with van der Waals surface area (Å²) in [6.45, 7) is 2.59. The van der Waals surface area contributed by atoms with Crippen molar-refractivity contribution in [3.63, 3.8) is 0 Å². The fraction of sp³-hybridized carbons (Fsp3) is 0.333. The molecule has 5 nitrogen and oxygen atoms in total. The fourth-order valence-corrected chi connectivity index (χ4v) is 3.02. The highest BCUT2D eigenvalue weighted by molar-refractivity contribution is 7.92. The summed E-state index contributed by atoms with van der Waals surface area (Å²) in [4.78, 5) is 0. The minimum atomic E-state index is -3.68. The molecule has 6 heteroatoms. The molecule has 0 amide bonds. The number of hydrogen-bond acceptors (Lipinski definition) is 4. The van der Waals surface area contributed by atoms with Gasteiger partial charge < -0.3 is 9.73 Å². The normalized spacial score (nSPS) is 11.5. The van der Waals surface area contributed by atoms with Gasteiger partial charge >= 0.3 is 0 Å². The third-order valence-electron chi connectivity index (χ3n) is 3.00. The van der Waals surface area contributed by atoms with Crippen LogP contribution in [0.25, 0.3) is 0 Å². The number of aryl methyl sites for hydroxylation is 1. The van der Waals surface area contributed by atoms with Crippen LogP contribution < -0.4 is 10.0 Å². The van der Waals surface area contributed by atoms with Crippen LogP contribution >= 0.6 is 0 Å². The van der Waals surface area contributed by atoms with E-state index in [0.29, 0.717) is 18.0 Å². The fourth-order valence-electron chi connectivity index (χ4n) is 2.01. The molecule has 0 aliphatic carbocycles. The average Bonchev–Trinajstić information content (AvgIpc) is 2.91. The van der Waals surface area contributed by atoms with Gasteiger partial charge in [0.25, 0.3) is 10.0 Å². The molecule has 0 unspecified atom stereocenters. The molecule has 0 saturated carbocycles. The minimum Gasteiger partial charge on any atom is -0.446 e. The van der Waals surface area contributed by atoms with Crippen molar-refractivity contribution in [3.8, 4) is 0 Å². The van der Waals surface area contributed by atoms with Crippen LogP contribution in [-0.4, -0.2) is 15.5 Å². The summed E-state index contributed by atoms with van der Waals surface area (Å²) in [6.07, 6.45) is 2.05. The number of furan rings is 1. The first-order valence-corrected chi connectivity index (χ1v) is 8.38. The lowest BCUT2D eigenvalue weighted by atomic mass is 10.1. The van der Waals surface area contributed by atoms with Gasteiger partial charge in [0.15, 0.2) is 0 Å². The maximum Gasteiger partial charge on any atom is 0.295 e. The summed E-state index contributed by atoms with van der Waals surface area (Å²) in [5.41, 5.74) is 1.72. The summed E-state index contributed by atoms with van der Waals surface area (Å²) in [5, 5.41) is 2.83. The van der Waals surface area contributed by atoms with E-state index < -0.39 is 10.0 Å². The molecule has 2 N–H and O–H groups in total. The van der Waals surface area contributed by atoms with Gasteiger partial charge in [-0.15, -0.1) is 0 Å². The predicted octanol–water partition coefficient (Wildman–Crippen LogP) is 2.75. The lowest BCUT2D eigenvalue weighted by Crippen LogP contribution is -2.12. The first kappa shape index (κ1) is 15.6. The van der Waals surface area contributed by atoms with Crippen molar-refractivity contribution in [3.05, 3.63) is 47.7 Å². The largest absolute Gasteiger partial charge is 0.446 e. The zero-order chi connectivity index (χ0) is 15.3. The Morgan fingerprint density at radius 3 is 2.43 bits per heavy atom. The number of hydrogen-bond donors (Lipinski definition) is 2. The van der Waals surface area contributed by atoms with E-state index in [1.165, 1.54) is 11.6 Å². The highest BCUT2D eigenvalue weighted by atomic mass is 32.2. The highest BCUT2D eigenvalue weighted by Crippen LogP contribution is 2.19. The molecular weight excluding hydrogens is 288 g/mol. The molecule has 1 aromatic heterocycles. The molecule has 1 heterocycles. The van der Waals surface area contributed by atoms with Crippen molar-refractivity contribution in [2.75, 3.05) is 11.8 Å². The number of nitrogens with one attached hydrogen (secondary N) is 2. The smallest absolute Gasteiger partial charge is 0.295 e. The summed E-state index contributed by atoms with van der Waals surface area (Å²) >= 11 is 0. The second-order valence-corrected chi connectivity index (χ2v) is 6.42. The summed E-state index contributed by atoms with van der Waals surface area (Å²) in [6, 6.07) is 10.5. The molecule has 0 spiro atoms. The molecule has 0 aliphatic rings. The van der Waals surface area contributed by atoms with Gasteiger partial charge in [-0.25, -0.2) is 0 Å². The quantitative estimate of drug-likeness (QED) is 0.825. The maximum absolute atomic E-state index is 12.2. The van der Waals surface area contributed by atoms with Gasteiger partial charge in [0, 0.05) is 5.69 Å². The molecule has 0 bridgehead atoms. The van der Waals surface area contributed by atoms with Crippen molar-refractivity contribution in [1.29, 1.82) is 0 Å². The molecule has 0 aliphatic heterocycles. The van der Waals surface area contributed by atoms with Crippen molar-refractivity contribution in [1.82, 2.24) is 5.32 Å². The van der Waals surface area contributed by atoms with Crippen molar-refractivity contribution >= 4 is 15.7 Å². The Kier molecular flexibility index (Phi) is 5.03. The first-order valence-electron chi connectivity index (χ1n) is 6.90. The number of sulfonamides is 1. The molecule has 0 atom stereocenters. The van der Waals surface area contributed by atoms with Crippen LogP contribution in [0.3, 0.4) is 0 Å². The third-order valence-corrected chi connectivity index (χ3v) is 4.25. The molecule has 2 aromatic rings. The minimum absolute atomic E-state index is 0.0783. The van der Waals surface area contributed by atoms with E-state index in [0.717, 1.165) is 12.8 Å².